The number of halogens is 5. The average Bonchev–Trinajstić information content (AvgIpc) is 3.26. The van der Waals surface area contributed by atoms with Crippen LogP contribution >= 0.6 is 15.9 Å². The maximum Gasteiger partial charge on any atom is 0.493 e. The van der Waals surface area contributed by atoms with Gasteiger partial charge in [-0.1, -0.05) is 12.1 Å². The molecule has 184 valence electrons. The zero-order valence-electron chi connectivity index (χ0n) is 17.5. The lowest BCUT2D eigenvalue weighted by Gasteiger charge is -2.33. The predicted octanol–water partition coefficient (Wildman–Crippen LogP) is 3.02. The summed E-state index contributed by atoms with van der Waals surface area (Å²) < 4.78 is 55.8. The predicted molar refractivity (Wildman–Crippen MR) is 113 cm³/mol. The Labute approximate surface area is 198 Å². The molecule has 2 heterocycles. The molecule has 0 atom stereocenters. The molecule has 1 aliphatic rings. The zero-order chi connectivity index (χ0) is 24.9. The Kier molecular flexibility index (Phi) is 8.03. The van der Waals surface area contributed by atoms with Crippen LogP contribution in [0.25, 0.3) is 0 Å². The number of benzene rings is 1. The van der Waals surface area contributed by atoms with Crippen molar-refractivity contribution in [1.82, 2.24) is 20.1 Å². The fraction of sp³-hybridized carbons (Fsp3) is 0.389. The highest BCUT2D eigenvalue weighted by atomic mass is 79.9. The fourth-order valence-corrected chi connectivity index (χ4v) is 3.23. The molecule has 1 aromatic carbocycles. The van der Waals surface area contributed by atoms with Crippen molar-refractivity contribution in [3.8, 4) is 0 Å². The highest BCUT2D eigenvalue weighted by Gasteiger charge is 2.42. The Morgan fingerprint density at radius 1 is 1.21 bits per heavy atom. The lowest BCUT2D eigenvalue weighted by Crippen LogP contribution is -2.49. The van der Waals surface area contributed by atoms with E-state index in [9.17, 15) is 27.2 Å². The second-order valence-corrected chi connectivity index (χ2v) is 7.74. The van der Waals surface area contributed by atoms with E-state index in [-0.39, 0.29) is 21.7 Å². The standard InChI is InChI=1S/C18H18BrF4N7O4/c1-2-29-5-7-30(8-6-29)17(32)25-15-13(26-34-28-15)14(27-33-16(31)18(21,22)23)24-10-3-4-12(20)11(19)9-10/h3-4,9H,2,5-8H2,1H3,(H,24,27)(H,25,28,32). The van der Waals surface area contributed by atoms with Crippen LogP contribution in [0.5, 0.6) is 0 Å². The molecule has 1 aliphatic heterocycles. The van der Waals surface area contributed by atoms with E-state index in [1.807, 2.05) is 6.92 Å². The van der Waals surface area contributed by atoms with Crippen molar-refractivity contribution < 1.29 is 36.6 Å². The van der Waals surface area contributed by atoms with Gasteiger partial charge in [-0.15, -0.1) is 0 Å². The molecule has 3 rings (SSSR count). The quantitative estimate of drug-likeness (QED) is 0.191. The van der Waals surface area contributed by atoms with Crippen LogP contribution in [0.1, 0.15) is 12.6 Å². The average molecular weight is 552 g/mol. The van der Waals surface area contributed by atoms with Crippen LogP contribution in [0.4, 0.5) is 33.9 Å². The first-order chi connectivity index (χ1) is 16.1. The van der Waals surface area contributed by atoms with Crippen molar-refractivity contribution in [2.75, 3.05) is 43.4 Å². The third kappa shape index (κ3) is 6.40. The number of carbonyl (C=O) groups excluding carboxylic acids is 2. The van der Waals surface area contributed by atoms with Gasteiger partial charge in [0.05, 0.1) is 4.47 Å². The summed E-state index contributed by atoms with van der Waals surface area (Å²) in [5, 5.41) is 15.2. The molecule has 1 saturated heterocycles. The molecule has 34 heavy (non-hydrogen) atoms. The van der Waals surface area contributed by atoms with Crippen molar-refractivity contribution in [2.45, 2.75) is 13.1 Å². The monoisotopic (exact) mass is 551 g/mol. The van der Waals surface area contributed by atoms with Gasteiger partial charge in [0.2, 0.25) is 11.7 Å². The van der Waals surface area contributed by atoms with Gasteiger partial charge >= 0.3 is 18.2 Å². The first-order valence-electron chi connectivity index (χ1n) is 9.78. The van der Waals surface area contributed by atoms with Gasteiger partial charge < -0.3 is 20.0 Å². The molecule has 0 unspecified atom stereocenters. The Morgan fingerprint density at radius 3 is 2.53 bits per heavy atom. The number of carbonyl (C=O) groups is 2. The number of nitrogens with zero attached hydrogens (tertiary/aromatic N) is 5. The summed E-state index contributed by atoms with van der Waals surface area (Å²) in [5.74, 6) is -4.06. The van der Waals surface area contributed by atoms with Crippen LogP contribution < -0.4 is 10.6 Å². The molecule has 0 saturated carbocycles. The maximum absolute atomic E-state index is 13.5. The molecule has 2 N–H and O–H groups in total. The first-order valence-corrected chi connectivity index (χ1v) is 10.6. The zero-order valence-corrected chi connectivity index (χ0v) is 19.1. The van der Waals surface area contributed by atoms with Crippen LogP contribution in [0.3, 0.4) is 0 Å². The largest absolute Gasteiger partial charge is 0.493 e. The smallest absolute Gasteiger partial charge is 0.335 e. The number of rotatable bonds is 5. The number of anilines is 2. The summed E-state index contributed by atoms with van der Waals surface area (Å²) in [5.41, 5.74) is -0.234. The highest BCUT2D eigenvalue weighted by Crippen LogP contribution is 2.22. The number of piperazine rings is 1. The Hall–Kier alpha value is -3.27. The number of alkyl halides is 3. The number of likely N-dealkylation sites (N-methyl/N-ethyl adjacent to an activating group) is 1. The van der Waals surface area contributed by atoms with Crippen molar-refractivity contribution in [3.63, 3.8) is 0 Å². The van der Waals surface area contributed by atoms with Crippen LogP contribution in [-0.2, 0) is 9.63 Å². The van der Waals surface area contributed by atoms with Gasteiger partial charge in [0, 0.05) is 31.9 Å². The number of oxime groups is 1. The third-order valence-corrected chi connectivity index (χ3v) is 5.29. The van der Waals surface area contributed by atoms with E-state index in [4.69, 9.17) is 0 Å². The van der Waals surface area contributed by atoms with Crippen LogP contribution in [-0.4, -0.2) is 76.8 Å². The molecule has 2 aromatic rings. The minimum absolute atomic E-state index is 0.0298. The summed E-state index contributed by atoms with van der Waals surface area (Å²) in [4.78, 5) is 31.4. The summed E-state index contributed by atoms with van der Waals surface area (Å²) in [6.45, 7) is 5.04. The van der Waals surface area contributed by atoms with Gasteiger partial charge in [-0.05, 0) is 51.0 Å². The number of amidine groups is 1. The van der Waals surface area contributed by atoms with E-state index in [1.54, 1.807) is 0 Å². The maximum atomic E-state index is 13.5. The van der Waals surface area contributed by atoms with Crippen molar-refractivity contribution >= 4 is 45.3 Å². The highest BCUT2D eigenvalue weighted by molar-refractivity contribution is 9.10. The van der Waals surface area contributed by atoms with E-state index in [0.717, 1.165) is 12.6 Å². The van der Waals surface area contributed by atoms with Gasteiger partial charge in [-0.2, -0.15) is 13.2 Å². The second kappa shape index (κ2) is 10.8. The number of hydrogen-bond donors (Lipinski definition) is 2. The Morgan fingerprint density at radius 2 is 1.91 bits per heavy atom. The molecule has 0 bridgehead atoms. The molecule has 0 radical (unpaired) electrons. The van der Waals surface area contributed by atoms with Gasteiger partial charge in [0.1, 0.15) is 5.82 Å². The van der Waals surface area contributed by atoms with Gasteiger partial charge in [0.15, 0.2) is 5.69 Å². The summed E-state index contributed by atoms with van der Waals surface area (Å²) in [6.07, 6.45) is -5.31. The van der Waals surface area contributed by atoms with E-state index in [1.165, 1.54) is 17.0 Å². The van der Waals surface area contributed by atoms with Gasteiger partial charge in [-0.25, -0.2) is 18.6 Å². The molecular weight excluding hydrogens is 534 g/mol. The van der Waals surface area contributed by atoms with Crippen LogP contribution in [0.2, 0.25) is 0 Å². The summed E-state index contributed by atoms with van der Waals surface area (Å²) >= 11 is 2.97. The van der Waals surface area contributed by atoms with E-state index >= 15 is 0 Å². The lowest BCUT2D eigenvalue weighted by molar-refractivity contribution is -0.199. The minimum atomic E-state index is -5.31. The molecule has 0 aliphatic carbocycles. The van der Waals surface area contributed by atoms with Crippen molar-refractivity contribution in [3.05, 3.63) is 34.2 Å². The second-order valence-electron chi connectivity index (χ2n) is 6.88. The number of amides is 2. The summed E-state index contributed by atoms with van der Waals surface area (Å²) in [6, 6.07) is 2.99. The first kappa shape index (κ1) is 25.4. The number of aromatic nitrogens is 2. The van der Waals surface area contributed by atoms with Gasteiger partial charge in [0.25, 0.3) is 0 Å². The molecule has 11 nitrogen and oxygen atoms in total. The fourth-order valence-electron chi connectivity index (χ4n) is 2.85. The topological polar surface area (TPSA) is 125 Å². The van der Waals surface area contributed by atoms with Crippen LogP contribution in [0, 0.1) is 5.82 Å². The van der Waals surface area contributed by atoms with Crippen molar-refractivity contribution in [2.24, 2.45) is 5.16 Å². The molecule has 0 spiro atoms. The van der Waals surface area contributed by atoms with Crippen LogP contribution in [0.15, 0.2) is 32.5 Å². The lowest BCUT2D eigenvalue weighted by atomic mass is 10.3. The SMILES string of the molecule is CCN1CCN(C(=O)Nc2nonc2/C(=N\OC(=O)C(F)(F)F)Nc2ccc(F)c(Br)c2)CC1. The molecular formula is C18H18BrF4N7O4. The molecule has 1 fully saturated rings. The van der Waals surface area contributed by atoms with E-state index in [2.05, 4.69) is 56.4 Å². The van der Waals surface area contributed by atoms with E-state index < -0.39 is 29.8 Å². The molecule has 1 aromatic heterocycles. The number of urea groups is 1. The van der Waals surface area contributed by atoms with Gasteiger partial charge in [-0.3, -0.25) is 5.32 Å². The molecule has 2 amide bonds. The van der Waals surface area contributed by atoms with E-state index in [0.29, 0.717) is 26.2 Å². The molecule has 16 heteroatoms. The minimum Gasteiger partial charge on any atom is -0.335 e. The Bertz CT molecular complexity index is 1070. The van der Waals surface area contributed by atoms with Crippen molar-refractivity contribution in [1.29, 1.82) is 0 Å². The normalized spacial score (nSPS) is 15.2. The third-order valence-electron chi connectivity index (χ3n) is 4.68. The Balaban J connectivity index is 1.83. The number of hydrogen-bond acceptors (Lipinski definition) is 8. The number of nitrogens with one attached hydrogen (secondary N) is 2. The summed E-state index contributed by atoms with van der Waals surface area (Å²) in [7, 11) is 0.